The van der Waals surface area contributed by atoms with E-state index in [1.165, 1.54) is 40.6 Å². The minimum atomic E-state index is -0.374. The number of halogens is 2. The van der Waals surface area contributed by atoms with Gasteiger partial charge in [0.15, 0.2) is 5.17 Å². The number of carbonyl (C=O) groups is 1. The lowest BCUT2D eigenvalue weighted by Crippen LogP contribution is -2.29. The third-order valence-electron chi connectivity index (χ3n) is 5.48. The number of benzene rings is 3. The molecule has 0 N–H and O–H groups in total. The second-order valence-corrected chi connectivity index (χ2v) is 10.1. The molecule has 1 fully saturated rings. The van der Waals surface area contributed by atoms with Crippen LogP contribution < -0.4 is 14.5 Å². The number of methoxy groups -OCH3 is 1. The quantitative estimate of drug-likeness (QED) is 0.355. The van der Waals surface area contributed by atoms with E-state index in [2.05, 4.69) is 0 Å². The molecule has 5 rings (SSSR count). The molecule has 3 aromatic rings. The highest BCUT2D eigenvalue weighted by Gasteiger charge is 2.40. The maximum absolute atomic E-state index is 13.7. The molecule has 9 heteroatoms. The Morgan fingerprint density at radius 3 is 2.50 bits per heavy atom. The highest BCUT2D eigenvalue weighted by Crippen LogP contribution is 2.51. The first-order valence-electron chi connectivity index (χ1n) is 10.3. The summed E-state index contributed by atoms with van der Waals surface area (Å²) < 4.78 is 19.0. The van der Waals surface area contributed by atoms with Crippen molar-refractivity contribution in [3.8, 4) is 5.75 Å². The van der Waals surface area contributed by atoms with Gasteiger partial charge in [-0.25, -0.2) is 9.38 Å². The molecule has 3 aromatic carbocycles. The number of thioether (sulfide) groups is 2. The second-order valence-electron chi connectivity index (χ2n) is 7.68. The number of amides is 1. The molecule has 2 aliphatic rings. The minimum absolute atomic E-state index is 0.220. The molecule has 0 saturated carbocycles. The molecule has 0 atom stereocenters. The summed E-state index contributed by atoms with van der Waals surface area (Å²) in [7, 11) is 3.55. The van der Waals surface area contributed by atoms with Gasteiger partial charge in [-0.15, -0.1) is 0 Å². The van der Waals surface area contributed by atoms with Crippen LogP contribution in [0.2, 0.25) is 5.02 Å². The topological polar surface area (TPSA) is 45.1 Å². The smallest absolute Gasteiger partial charge is 0.274 e. The molecule has 0 aromatic heterocycles. The minimum Gasteiger partial charge on any atom is -0.497 e. The first-order valence-corrected chi connectivity index (χ1v) is 12.3. The number of rotatable bonds is 3. The van der Waals surface area contributed by atoms with E-state index >= 15 is 0 Å². The zero-order valence-electron chi connectivity index (χ0n) is 18.5. The van der Waals surface area contributed by atoms with Crippen LogP contribution >= 0.6 is 35.1 Å². The summed E-state index contributed by atoms with van der Waals surface area (Å²) in [6, 6.07) is 17.1. The van der Waals surface area contributed by atoms with E-state index in [4.69, 9.17) is 21.3 Å². The van der Waals surface area contributed by atoms with E-state index in [0.717, 1.165) is 26.9 Å². The summed E-state index contributed by atoms with van der Waals surface area (Å²) >= 11 is 9.11. The number of hydrogen-bond donors (Lipinski definition) is 0. The summed E-state index contributed by atoms with van der Waals surface area (Å²) in [6.45, 7) is 1.92. The number of nitrogens with zero attached hydrogens (tertiary/aromatic N) is 3. The fraction of sp³-hybridized carbons (Fsp3) is 0.120. The molecule has 2 heterocycles. The van der Waals surface area contributed by atoms with E-state index in [-0.39, 0.29) is 11.7 Å². The summed E-state index contributed by atoms with van der Waals surface area (Å²) in [4.78, 5) is 23.5. The fourth-order valence-electron chi connectivity index (χ4n) is 3.61. The van der Waals surface area contributed by atoms with Crippen LogP contribution in [0.15, 0.2) is 80.5 Å². The van der Waals surface area contributed by atoms with Crippen LogP contribution in [-0.4, -0.2) is 25.2 Å². The van der Waals surface area contributed by atoms with E-state index in [1.54, 1.807) is 25.3 Å². The number of hydrogen-bond acceptors (Lipinski definition) is 6. The molecular weight excluding hydrogens is 493 g/mol. The van der Waals surface area contributed by atoms with Crippen LogP contribution in [0.5, 0.6) is 5.75 Å². The van der Waals surface area contributed by atoms with Gasteiger partial charge in [-0.3, -0.25) is 9.69 Å². The molecule has 5 nitrogen and oxygen atoms in total. The average molecular weight is 512 g/mol. The first kappa shape index (κ1) is 22.8. The summed E-state index contributed by atoms with van der Waals surface area (Å²) in [6.07, 6.45) is 0. The zero-order valence-corrected chi connectivity index (χ0v) is 20.9. The van der Waals surface area contributed by atoms with Gasteiger partial charge in [0, 0.05) is 23.0 Å². The lowest BCUT2D eigenvalue weighted by Gasteiger charge is -2.17. The van der Waals surface area contributed by atoms with Gasteiger partial charge in [-0.05, 0) is 72.8 Å². The number of amidine groups is 1. The van der Waals surface area contributed by atoms with Crippen LogP contribution in [0.4, 0.5) is 21.5 Å². The van der Waals surface area contributed by atoms with Crippen molar-refractivity contribution in [2.24, 2.45) is 4.99 Å². The van der Waals surface area contributed by atoms with E-state index < -0.39 is 0 Å². The predicted molar refractivity (Wildman–Crippen MR) is 139 cm³/mol. The Kier molecular flexibility index (Phi) is 6.06. The standard InChI is InChI=1S/C25H19ClFN3O2S2/c1-14-4-7-16(12-19(14)26)28-25-30(17-8-5-15(27)6-9-17)23(31)22(34-25)24-29(2)20-13-18(32-3)10-11-21(20)33-24/h4-13H,1-3H3. The Bertz CT molecular complexity index is 1380. The summed E-state index contributed by atoms with van der Waals surface area (Å²) in [5, 5.41) is 1.87. The van der Waals surface area contributed by atoms with Gasteiger partial charge in [-0.2, -0.15) is 0 Å². The lowest BCUT2D eigenvalue weighted by molar-refractivity contribution is -0.113. The van der Waals surface area contributed by atoms with Crippen molar-refractivity contribution in [2.75, 3.05) is 24.0 Å². The number of carbonyl (C=O) groups excluding carboxylic acids is 1. The fourth-order valence-corrected chi connectivity index (χ4v) is 6.11. The van der Waals surface area contributed by atoms with Crippen LogP contribution in [0, 0.1) is 12.7 Å². The Labute approximate surface area is 210 Å². The van der Waals surface area contributed by atoms with Crippen LogP contribution in [0.1, 0.15) is 5.56 Å². The molecule has 1 amide bonds. The number of aliphatic imine (C=N–C) groups is 1. The van der Waals surface area contributed by atoms with Crippen molar-refractivity contribution in [2.45, 2.75) is 11.8 Å². The Morgan fingerprint density at radius 2 is 1.79 bits per heavy atom. The first-order chi connectivity index (χ1) is 16.4. The monoisotopic (exact) mass is 511 g/mol. The second kappa shape index (κ2) is 9.02. The normalized spacial score (nSPS) is 18.7. The number of anilines is 2. The van der Waals surface area contributed by atoms with Crippen LogP contribution in [0.3, 0.4) is 0 Å². The van der Waals surface area contributed by atoms with Crippen molar-refractivity contribution in [3.63, 3.8) is 0 Å². The number of fused-ring (bicyclic) bond motifs is 1. The van der Waals surface area contributed by atoms with Crippen molar-refractivity contribution < 1.29 is 13.9 Å². The molecule has 2 aliphatic heterocycles. The highest BCUT2D eigenvalue weighted by atomic mass is 35.5. The lowest BCUT2D eigenvalue weighted by atomic mass is 10.2. The molecule has 0 radical (unpaired) electrons. The van der Waals surface area contributed by atoms with E-state index in [1.807, 2.05) is 49.2 Å². The van der Waals surface area contributed by atoms with Gasteiger partial charge >= 0.3 is 0 Å². The van der Waals surface area contributed by atoms with Gasteiger partial charge in [-0.1, -0.05) is 29.4 Å². The van der Waals surface area contributed by atoms with Gasteiger partial charge < -0.3 is 9.64 Å². The van der Waals surface area contributed by atoms with Crippen LogP contribution in [-0.2, 0) is 4.79 Å². The Balaban J connectivity index is 1.60. The maximum Gasteiger partial charge on any atom is 0.274 e. The molecule has 34 heavy (non-hydrogen) atoms. The molecule has 0 bridgehead atoms. The molecule has 0 spiro atoms. The van der Waals surface area contributed by atoms with Crippen molar-refractivity contribution in [3.05, 3.63) is 87.0 Å². The Hall–Kier alpha value is -2.94. The third-order valence-corrected chi connectivity index (χ3v) is 8.28. The number of aryl methyl sites for hydroxylation is 1. The zero-order chi connectivity index (χ0) is 24.0. The van der Waals surface area contributed by atoms with Gasteiger partial charge in [0.25, 0.3) is 5.91 Å². The van der Waals surface area contributed by atoms with Crippen molar-refractivity contribution >= 4 is 63.3 Å². The predicted octanol–water partition coefficient (Wildman–Crippen LogP) is 6.97. The highest BCUT2D eigenvalue weighted by molar-refractivity contribution is 8.20. The average Bonchev–Trinajstić information content (AvgIpc) is 3.32. The van der Waals surface area contributed by atoms with Gasteiger partial charge in [0.05, 0.1) is 29.2 Å². The molecule has 1 saturated heterocycles. The van der Waals surface area contributed by atoms with Gasteiger partial charge in [0.2, 0.25) is 0 Å². The molecule has 0 unspecified atom stereocenters. The summed E-state index contributed by atoms with van der Waals surface area (Å²) in [5.74, 6) is 0.151. The Morgan fingerprint density at radius 1 is 1.03 bits per heavy atom. The van der Waals surface area contributed by atoms with Crippen molar-refractivity contribution in [1.82, 2.24) is 0 Å². The molecule has 172 valence electrons. The van der Waals surface area contributed by atoms with Crippen LogP contribution in [0.25, 0.3) is 0 Å². The number of ether oxygens (including phenoxy) is 1. The maximum atomic E-state index is 13.7. The van der Waals surface area contributed by atoms with E-state index in [9.17, 15) is 9.18 Å². The summed E-state index contributed by atoms with van der Waals surface area (Å²) in [5.41, 5.74) is 3.07. The van der Waals surface area contributed by atoms with Crippen molar-refractivity contribution in [1.29, 1.82) is 0 Å². The third kappa shape index (κ3) is 4.06. The molecule has 0 aliphatic carbocycles. The SMILES string of the molecule is COc1ccc2c(c1)N(C)C(=C1SC(=Nc3ccc(C)c(Cl)c3)N(c3ccc(F)cc3)C1=O)S2. The van der Waals surface area contributed by atoms with Gasteiger partial charge in [0.1, 0.15) is 16.5 Å². The largest absolute Gasteiger partial charge is 0.497 e. The molecular formula is C25H19ClFN3O2S2. The van der Waals surface area contributed by atoms with E-state index in [0.29, 0.717) is 26.5 Å².